The molecule has 0 aliphatic rings. The van der Waals surface area contributed by atoms with Crippen LogP contribution in [0.3, 0.4) is 0 Å². The molecular weight excluding hydrogens is 195 g/mol. The molecule has 0 unspecified atom stereocenters. The first-order valence-corrected chi connectivity index (χ1v) is 2.68. The molecule has 0 aromatic carbocycles. The maximum absolute atomic E-state index is 7.33. The van der Waals surface area contributed by atoms with E-state index < -0.39 is 9.05 Å². The number of hydrogen-bond donors (Lipinski definition) is 4. The van der Waals surface area contributed by atoms with Crippen LogP contribution in [-0.2, 0) is 17.1 Å². The van der Waals surface area contributed by atoms with Crippen molar-refractivity contribution in [1.29, 1.82) is 0 Å². The van der Waals surface area contributed by atoms with E-state index in [-0.39, 0.29) is 69.9 Å². The standard InChI is InChI=1S/Cu.K.H4O4Si.H/c;;1-5(2,3)4;/h;;1-4H;/q;+1;;-1. The molecule has 4 N–H and O–H groups in total. The Morgan fingerprint density at radius 1 is 1.00 bits per heavy atom. The van der Waals surface area contributed by atoms with Crippen molar-refractivity contribution in [1.82, 2.24) is 0 Å². The third kappa shape index (κ3) is 64.7. The second-order valence-electron chi connectivity index (χ2n) is 0.600. The summed E-state index contributed by atoms with van der Waals surface area (Å²) in [5, 5.41) is 0. The van der Waals surface area contributed by atoms with Gasteiger partial charge in [-0.2, -0.15) is 0 Å². The molecule has 0 heterocycles. The summed E-state index contributed by atoms with van der Waals surface area (Å²) in [6.45, 7) is 0. The molecular formula is H5CuKO4Si. The van der Waals surface area contributed by atoms with Crippen LogP contribution in [0.15, 0.2) is 0 Å². The van der Waals surface area contributed by atoms with Crippen LogP contribution in [0.5, 0.6) is 0 Å². The molecule has 4 nitrogen and oxygen atoms in total. The van der Waals surface area contributed by atoms with Crippen LogP contribution in [0.2, 0.25) is 0 Å². The fraction of sp³-hybridized carbons (Fsp3) is 0. The van der Waals surface area contributed by atoms with Crippen LogP contribution in [0.25, 0.3) is 0 Å². The SMILES string of the molecule is O[Si](O)(O)O.[Cu].[H-].[K+]. The molecule has 0 atom stereocenters. The molecule has 0 spiro atoms. The summed E-state index contributed by atoms with van der Waals surface area (Å²) in [7, 11) is -4.61. The first-order chi connectivity index (χ1) is 2.00. The van der Waals surface area contributed by atoms with Gasteiger partial charge in [0, 0.05) is 17.1 Å². The van der Waals surface area contributed by atoms with Gasteiger partial charge in [0.25, 0.3) is 0 Å². The van der Waals surface area contributed by atoms with Gasteiger partial charge < -0.3 is 20.6 Å². The molecule has 0 aromatic rings. The zero-order chi connectivity index (χ0) is 4.50. The quantitative estimate of drug-likeness (QED) is 0.294. The van der Waals surface area contributed by atoms with Gasteiger partial charge in [0.1, 0.15) is 0 Å². The molecule has 0 aliphatic carbocycles. The fourth-order valence-electron chi connectivity index (χ4n) is 0. The molecule has 7 heteroatoms. The van der Waals surface area contributed by atoms with Gasteiger partial charge in [0.05, 0.1) is 0 Å². The molecule has 45 valence electrons. The van der Waals surface area contributed by atoms with E-state index in [0.29, 0.717) is 0 Å². The summed E-state index contributed by atoms with van der Waals surface area (Å²) in [5.74, 6) is 0. The summed E-state index contributed by atoms with van der Waals surface area (Å²) in [6.07, 6.45) is 0. The molecule has 0 rings (SSSR count). The van der Waals surface area contributed by atoms with Crippen molar-refractivity contribution in [2.45, 2.75) is 0 Å². The second kappa shape index (κ2) is 6.33. The van der Waals surface area contributed by atoms with E-state index in [1.165, 1.54) is 0 Å². The van der Waals surface area contributed by atoms with Crippen molar-refractivity contribution in [3.05, 3.63) is 0 Å². The summed E-state index contributed by atoms with van der Waals surface area (Å²) in [6, 6.07) is 0. The van der Waals surface area contributed by atoms with Crippen LogP contribution < -0.4 is 51.4 Å². The van der Waals surface area contributed by atoms with E-state index in [4.69, 9.17) is 19.2 Å². The Morgan fingerprint density at radius 2 is 1.00 bits per heavy atom. The van der Waals surface area contributed by atoms with E-state index in [0.717, 1.165) is 0 Å². The third-order valence-corrected chi connectivity index (χ3v) is 0. The van der Waals surface area contributed by atoms with Crippen molar-refractivity contribution in [2.24, 2.45) is 0 Å². The van der Waals surface area contributed by atoms with Gasteiger partial charge in [-0.25, -0.2) is 0 Å². The van der Waals surface area contributed by atoms with E-state index in [1.807, 2.05) is 0 Å². The average Bonchev–Trinajstić information content (AvgIpc) is 0.722. The summed E-state index contributed by atoms with van der Waals surface area (Å²) in [4.78, 5) is 29.3. The van der Waals surface area contributed by atoms with Crippen LogP contribution in [-0.4, -0.2) is 28.2 Å². The maximum Gasteiger partial charge on any atom is 1.00 e. The minimum atomic E-state index is -4.61. The Kier molecular flexibility index (Phi) is 14.6. The largest absolute Gasteiger partial charge is 1.00 e. The van der Waals surface area contributed by atoms with Gasteiger partial charge in [-0.05, 0) is 0 Å². The fourth-order valence-corrected chi connectivity index (χ4v) is 0. The molecule has 0 bridgehead atoms. The first kappa shape index (κ1) is 16.1. The summed E-state index contributed by atoms with van der Waals surface area (Å²) in [5.41, 5.74) is 0. The molecule has 0 saturated carbocycles. The molecule has 0 aliphatic heterocycles. The number of hydrogen-bond acceptors (Lipinski definition) is 4. The predicted molar refractivity (Wildman–Crippen MR) is 15.7 cm³/mol. The Labute approximate surface area is 96.4 Å². The van der Waals surface area contributed by atoms with Crippen LogP contribution in [0, 0.1) is 0 Å². The Hall–Kier alpha value is 2.21. The van der Waals surface area contributed by atoms with Gasteiger partial charge in [0.2, 0.25) is 0 Å². The van der Waals surface area contributed by atoms with Crippen molar-refractivity contribution in [3.8, 4) is 0 Å². The van der Waals surface area contributed by atoms with Gasteiger partial charge in [-0.3, -0.25) is 0 Å². The van der Waals surface area contributed by atoms with Crippen LogP contribution >= 0.6 is 0 Å². The Morgan fingerprint density at radius 3 is 1.00 bits per heavy atom. The van der Waals surface area contributed by atoms with E-state index in [2.05, 4.69) is 0 Å². The average molecular weight is 200 g/mol. The normalized spacial score (nSPS) is 8.57. The molecule has 7 heavy (non-hydrogen) atoms. The van der Waals surface area contributed by atoms with E-state index in [9.17, 15) is 0 Å². The zero-order valence-corrected chi connectivity index (χ0v) is 8.66. The van der Waals surface area contributed by atoms with Crippen molar-refractivity contribution in [2.75, 3.05) is 0 Å². The molecule has 0 aromatic heterocycles. The zero-order valence-electron chi connectivity index (χ0n) is 4.59. The van der Waals surface area contributed by atoms with Crippen LogP contribution in [0.4, 0.5) is 0 Å². The molecule has 0 fully saturated rings. The molecule has 0 saturated heterocycles. The second-order valence-corrected chi connectivity index (χ2v) is 1.80. The first-order valence-electron chi connectivity index (χ1n) is 0.894. The smallest absolute Gasteiger partial charge is 1.00 e. The monoisotopic (exact) mass is 199 g/mol. The summed E-state index contributed by atoms with van der Waals surface area (Å²) < 4.78 is 0. The summed E-state index contributed by atoms with van der Waals surface area (Å²) >= 11 is 0. The molecule has 1 radical (unpaired) electrons. The maximum atomic E-state index is 7.33. The topological polar surface area (TPSA) is 80.9 Å². The van der Waals surface area contributed by atoms with Gasteiger partial charge in [-0.15, -0.1) is 0 Å². The molecule has 0 amide bonds. The van der Waals surface area contributed by atoms with Gasteiger partial charge >= 0.3 is 60.4 Å². The van der Waals surface area contributed by atoms with E-state index in [1.54, 1.807) is 0 Å². The predicted octanol–water partition coefficient (Wildman–Crippen LogP) is -5.49. The third-order valence-electron chi connectivity index (χ3n) is 0. The van der Waals surface area contributed by atoms with Crippen LogP contribution in [0.1, 0.15) is 1.43 Å². The Balaban J connectivity index is -0.0000000267. The van der Waals surface area contributed by atoms with Gasteiger partial charge in [-0.1, -0.05) is 0 Å². The number of rotatable bonds is 0. The van der Waals surface area contributed by atoms with Gasteiger partial charge in [0.15, 0.2) is 0 Å². The van der Waals surface area contributed by atoms with E-state index >= 15 is 0 Å². The van der Waals surface area contributed by atoms with Crippen molar-refractivity contribution < 1.29 is 89.1 Å². The van der Waals surface area contributed by atoms with Crippen molar-refractivity contribution >= 4 is 9.05 Å². The van der Waals surface area contributed by atoms with Crippen molar-refractivity contribution in [3.63, 3.8) is 0 Å². The minimum Gasteiger partial charge on any atom is -1.00 e. The Bertz CT molecular complexity index is 31.5. The minimum absolute atomic E-state index is 0.